The van der Waals surface area contributed by atoms with Crippen molar-refractivity contribution in [2.75, 3.05) is 5.32 Å². The molecule has 3 heterocycles. The molecular formula is C26H18N10O4. The zero-order chi connectivity index (χ0) is 27.8. The van der Waals surface area contributed by atoms with Gasteiger partial charge in [-0.2, -0.15) is 9.78 Å². The maximum Gasteiger partial charge on any atom is 0.323 e. The smallest absolute Gasteiger partial charge is 0.323 e. The topological polar surface area (TPSA) is 209 Å². The lowest BCUT2D eigenvalue weighted by molar-refractivity contribution is 0.0997. The first kappa shape index (κ1) is 24.2. The van der Waals surface area contributed by atoms with Crippen molar-refractivity contribution in [3.63, 3.8) is 0 Å². The maximum atomic E-state index is 13.3. The van der Waals surface area contributed by atoms with Crippen LogP contribution in [-0.2, 0) is 0 Å². The normalized spacial score (nSPS) is 11.4. The Morgan fingerprint density at radius 2 is 1.73 bits per heavy atom. The summed E-state index contributed by atoms with van der Waals surface area (Å²) in [5.74, 6) is -1.83. The van der Waals surface area contributed by atoms with Gasteiger partial charge in [0.1, 0.15) is 11.3 Å². The number of rotatable bonds is 6. The first-order valence-electron chi connectivity index (χ1n) is 11.7. The largest absolute Gasteiger partial charge is 0.505 e. The highest BCUT2D eigenvalue weighted by Gasteiger charge is 2.21. The number of imidazole rings is 1. The molecular weight excluding hydrogens is 516 g/mol. The summed E-state index contributed by atoms with van der Waals surface area (Å²) in [7, 11) is 0. The van der Waals surface area contributed by atoms with Crippen molar-refractivity contribution in [1.82, 2.24) is 29.7 Å². The Balaban J connectivity index is 1.43. The van der Waals surface area contributed by atoms with Crippen molar-refractivity contribution in [2.45, 2.75) is 0 Å². The van der Waals surface area contributed by atoms with Crippen molar-refractivity contribution in [1.29, 1.82) is 0 Å². The average Bonchev–Trinajstić information content (AvgIpc) is 3.55. The van der Waals surface area contributed by atoms with Crippen molar-refractivity contribution in [2.24, 2.45) is 16.0 Å². The van der Waals surface area contributed by atoms with Gasteiger partial charge in [-0.25, -0.2) is 14.8 Å². The number of carbonyl (C=O) groups is 2. The Hall–Kier alpha value is -6.18. The molecule has 14 heteroatoms. The van der Waals surface area contributed by atoms with Crippen molar-refractivity contribution in [3.05, 3.63) is 94.8 Å². The van der Waals surface area contributed by atoms with Crippen LogP contribution in [-0.4, -0.2) is 46.6 Å². The molecule has 0 fully saturated rings. The van der Waals surface area contributed by atoms with E-state index in [-0.39, 0.29) is 34.3 Å². The van der Waals surface area contributed by atoms with Gasteiger partial charge in [-0.3, -0.25) is 9.59 Å². The number of hydrogen-bond donors (Lipinski definition) is 5. The summed E-state index contributed by atoms with van der Waals surface area (Å²) >= 11 is 0. The molecule has 0 radical (unpaired) electrons. The fraction of sp³-hybridized carbons (Fsp3) is 0. The van der Waals surface area contributed by atoms with E-state index < -0.39 is 17.6 Å². The summed E-state index contributed by atoms with van der Waals surface area (Å²) in [6.45, 7) is 0. The summed E-state index contributed by atoms with van der Waals surface area (Å²) in [5, 5.41) is 27.5. The lowest BCUT2D eigenvalue weighted by atomic mass is 10.0. The minimum atomic E-state index is -0.806. The number of aromatic amines is 2. The number of fused-ring (bicyclic) bond motifs is 2. The molecule has 6 rings (SSSR count). The molecule has 6 aromatic rings. The molecule has 0 spiro atoms. The molecule has 0 bridgehead atoms. The molecule has 0 saturated heterocycles. The minimum Gasteiger partial charge on any atom is -0.505 e. The summed E-state index contributed by atoms with van der Waals surface area (Å²) in [6.07, 6.45) is 4.19. The Kier molecular flexibility index (Phi) is 5.80. The number of hydrogen-bond acceptors (Lipinski definition) is 9. The van der Waals surface area contributed by atoms with Gasteiger partial charge < -0.3 is 26.1 Å². The molecule has 0 aliphatic heterocycles. The van der Waals surface area contributed by atoms with Gasteiger partial charge in [-0.05, 0) is 35.7 Å². The molecule has 14 nitrogen and oxygen atoms in total. The van der Waals surface area contributed by atoms with Crippen LogP contribution >= 0.6 is 0 Å². The van der Waals surface area contributed by atoms with E-state index in [0.717, 1.165) is 0 Å². The number of phenols is 1. The quantitative estimate of drug-likeness (QED) is 0.201. The molecule has 3 aromatic heterocycles. The van der Waals surface area contributed by atoms with Crippen LogP contribution in [0, 0.1) is 0 Å². The second-order valence-corrected chi connectivity index (χ2v) is 8.54. The molecule has 0 atom stereocenters. The van der Waals surface area contributed by atoms with Gasteiger partial charge in [0.25, 0.3) is 17.8 Å². The van der Waals surface area contributed by atoms with Gasteiger partial charge in [0, 0.05) is 23.5 Å². The number of nitrogens with zero attached hydrogens (tertiary/aromatic N) is 6. The maximum absolute atomic E-state index is 13.3. The number of nitrogens with two attached hydrogens (primary N) is 1. The number of aromatic nitrogens is 6. The van der Waals surface area contributed by atoms with E-state index in [0.29, 0.717) is 27.5 Å². The molecule has 2 amide bonds. The Bertz CT molecular complexity index is 2020. The summed E-state index contributed by atoms with van der Waals surface area (Å²) < 4.78 is 1.18. The molecule has 0 unspecified atom stereocenters. The SMILES string of the molecule is NC(=O)c1cnn(-c2ncccn2)c1/N=N/c1c(O)c(C(=O)Nc2ccc3[nH]c(=O)[nH]c3c2)cc2ccccc12. The number of aromatic hydroxyl groups is 1. The van der Waals surface area contributed by atoms with Crippen LogP contribution in [0.3, 0.4) is 0 Å². The number of benzene rings is 3. The van der Waals surface area contributed by atoms with E-state index in [1.807, 2.05) is 0 Å². The molecule has 0 saturated carbocycles. The fourth-order valence-electron chi connectivity index (χ4n) is 4.16. The van der Waals surface area contributed by atoms with Crippen molar-refractivity contribution < 1.29 is 14.7 Å². The monoisotopic (exact) mass is 534 g/mol. The first-order valence-corrected chi connectivity index (χ1v) is 11.7. The van der Waals surface area contributed by atoms with Gasteiger partial charge in [-0.1, -0.05) is 24.3 Å². The van der Waals surface area contributed by atoms with Crippen molar-refractivity contribution >= 4 is 50.8 Å². The lowest BCUT2D eigenvalue weighted by Crippen LogP contribution is -2.12. The molecule has 40 heavy (non-hydrogen) atoms. The van der Waals surface area contributed by atoms with Gasteiger partial charge in [-0.15, -0.1) is 10.2 Å². The third-order valence-electron chi connectivity index (χ3n) is 6.01. The molecule has 0 aliphatic rings. The van der Waals surface area contributed by atoms with E-state index in [2.05, 4.69) is 40.6 Å². The van der Waals surface area contributed by atoms with Crippen LogP contribution in [0.2, 0.25) is 0 Å². The van der Waals surface area contributed by atoms with E-state index in [1.165, 1.54) is 29.3 Å². The number of phenolic OH excluding ortho intramolecular Hbond substituents is 1. The van der Waals surface area contributed by atoms with E-state index in [1.54, 1.807) is 48.5 Å². The lowest BCUT2D eigenvalue weighted by Gasteiger charge is -2.11. The highest BCUT2D eigenvalue weighted by molar-refractivity contribution is 6.12. The molecule has 6 N–H and O–H groups in total. The Morgan fingerprint density at radius 1 is 0.950 bits per heavy atom. The van der Waals surface area contributed by atoms with Crippen LogP contribution < -0.4 is 16.7 Å². The molecule has 0 aliphatic carbocycles. The zero-order valence-electron chi connectivity index (χ0n) is 20.4. The summed E-state index contributed by atoms with van der Waals surface area (Å²) in [6, 6.07) is 14.9. The standard InChI is InChI=1S/C26H18N10O4/c27-22(38)17-12-30-36(25-28-8-3-9-29-25)23(17)35-34-20-15-5-2-1-4-13(15)10-16(21(20)37)24(39)31-14-6-7-18-19(11-14)33-26(40)32-18/h1-12,37H,(H2,27,38)(H,31,39)(H2,32,33,40)/b35-34+. The molecule has 3 aromatic carbocycles. The van der Waals surface area contributed by atoms with E-state index >= 15 is 0 Å². The van der Waals surface area contributed by atoms with Crippen LogP contribution in [0.4, 0.5) is 17.2 Å². The van der Waals surface area contributed by atoms with Crippen LogP contribution in [0.1, 0.15) is 20.7 Å². The second kappa shape index (κ2) is 9.60. The third-order valence-corrected chi connectivity index (χ3v) is 6.01. The van der Waals surface area contributed by atoms with Crippen molar-refractivity contribution in [3.8, 4) is 11.7 Å². The van der Waals surface area contributed by atoms with Gasteiger partial charge in [0.15, 0.2) is 11.6 Å². The zero-order valence-corrected chi connectivity index (χ0v) is 20.4. The highest BCUT2D eigenvalue weighted by atomic mass is 16.3. The highest BCUT2D eigenvalue weighted by Crippen LogP contribution is 2.40. The average molecular weight is 534 g/mol. The number of carbonyl (C=O) groups excluding carboxylic acids is 2. The van der Waals surface area contributed by atoms with Gasteiger partial charge >= 0.3 is 5.69 Å². The third kappa shape index (κ3) is 4.30. The number of nitrogens with one attached hydrogen (secondary N) is 3. The minimum absolute atomic E-state index is 0.0224. The molecule has 196 valence electrons. The van der Waals surface area contributed by atoms with Crippen LogP contribution in [0.15, 0.2) is 88.2 Å². The van der Waals surface area contributed by atoms with Gasteiger partial charge in [0.05, 0.1) is 22.8 Å². The van der Waals surface area contributed by atoms with Crippen LogP contribution in [0.5, 0.6) is 5.75 Å². The number of primary amides is 1. The van der Waals surface area contributed by atoms with Gasteiger partial charge in [0.2, 0.25) is 0 Å². The summed E-state index contributed by atoms with van der Waals surface area (Å²) in [5.41, 5.74) is 6.46. The number of H-pyrrole nitrogens is 2. The Labute approximate surface area is 223 Å². The number of amides is 2. The second-order valence-electron chi connectivity index (χ2n) is 8.54. The van der Waals surface area contributed by atoms with Crippen LogP contribution in [0.25, 0.3) is 27.8 Å². The number of azo groups is 1. The van der Waals surface area contributed by atoms with E-state index in [9.17, 15) is 19.5 Å². The summed E-state index contributed by atoms with van der Waals surface area (Å²) in [4.78, 5) is 50.4. The fourth-order valence-corrected chi connectivity index (χ4v) is 4.16. The Morgan fingerprint density at radius 3 is 2.52 bits per heavy atom. The number of anilines is 1. The predicted molar refractivity (Wildman–Crippen MR) is 144 cm³/mol. The predicted octanol–water partition coefficient (Wildman–Crippen LogP) is 3.46. The van der Waals surface area contributed by atoms with E-state index in [4.69, 9.17) is 5.73 Å². The first-order chi connectivity index (χ1) is 19.4.